The van der Waals surface area contributed by atoms with Gasteiger partial charge in [-0.05, 0) is 18.9 Å². The topological polar surface area (TPSA) is 50.1 Å². The van der Waals surface area contributed by atoms with Crippen LogP contribution in [0.5, 0.6) is 0 Å². The van der Waals surface area contributed by atoms with Crippen LogP contribution in [-0.2, 0) is 19.8 Å². The van der Waals surface area contributed by atoms with Crippen molar-refractivity contribution in [3.05, 3.63) is 35.2 Å². The van der Waals surface area contributed by atoms with E-state index >= 15 is 0 Å². The molecule has 1 aliphatic rings. The number of aryl methyl sites for hydroxylation is 2. The molecule has 1 saturated heterocycles. The predicted molar refractivity (Wildman–Crippen MR) is 96.6 cm³/mol. The second-order valence-corrected chi connectivity index (χ2v) is 7.28. The van der Waals surface area contributed by atoms with Gasteiger partial charge in [0.2, 0.25) is 5.95 Å². The van der Waals surface area contributed by atoms with E-state index in [9.17, 15) is 13.2 Å². The fourth-order valence-corrected chi connectivity index (χ4v) is 3.08. The highest BCUT2D eigenvalue weighted by molar-refractivity contribution is 5.35. The number of alkyl halides is 3. The van der Waals surface area contributed by atoms with Crippen molar-refractivity contribution in [3.8, 4) is 0 Å². The number of hydrogen-bond donors (Lipinski definition) is 0. The third-order valence-electron chi connectivity index (χ3n) is 4.82. The largest absolute Gasteiger partial charge is 0.433 e. The molecule has 2 aromatic heterocycles. The summed E-state index contributed by atoms with van der Waals surface area (Å²) in [4.78, 5) is 16.8. The molecular formula is C18H25F3N6. The minimum atomic E-state index is -4.47. The van der Waals surface area contributed by atoms with Gasteiger partial charge in [0, 0.05) is 51.7 Å². The van der Waals surface area contributed by atoms with Crippen molar-refractivity contribution in [1.29, 1.82) is 0 Å². The lowest BCUT2D eigenvalue weighted by Gasteiger charge is -2.34. The Hall–Kier alpha value is -2.16. The van der Waals surface area contributed by atoms with Crippen molar-refractivity contribution in [3.63, 3.8) is 0 Å². The number of nitrogens with zero attached hydrogens (tertiary/aromatic N) is 6. The Morgan fingerprint density at radius 3 is 2.26 bits per heavy atom. The summed E-state index contributed by atoms with van der Waals surface area (Å²) < 4.78 is 41.6. The molecule has 1 aliphatic heterocycles. The quantitative estimate of drug-likeness (QED) is 0.814. The Kier molecular flexibility index (Phi) is 5.41. The number of rotatable bonds is 4. The molecule has 0 radical (unpaired) electrons. The molecule has 0 amide bonds. The fraction of sp³-hybridized carbons (Fsp3) is 0.611. The Morgan fingerprint density at radius 2 is 1.74 bits per heavy atom. The molecule has 27 heavy (non-hydrogen) atoms. The number of imidazole rings is 1. The second-order valence-electron chi connectivity index (χ2n) is 7.28. The zero-order chi connectivity index (χ0) is 19.8. The molecule has 6 nitrogen and oxygen atoms in total. The third-order valence-corrected chi connectivity index (χ3v) is 4.82. The van der Waals surface area contributed by atoms with Gasteiger partial charge in [0.15, 0.2) is 0 Å². The molecular weight excluding hydrogens is 357 g/mol. The van der Waals surface area contributed by atoms with Crippen LogP contribution in [0.4, 0.5) is 19.1 Å². The van der Waals surface area contributed by atoms with Gasteiger partial charge < -0.3 is 9.47 Å². The number of anilines is 1. The molecule has 1 fully saturated rings. The van der Waals surface area contributed by atoms with Crippen molar-refractivity contribution in [1.82, 2.24) is 24.4 Å². The summed E-state index contributed by atoms with van der Waals surface area (Å²) in [5.74, 6) is 1.03. The van der Waals surface area contributed by atoms with Crippen LogP contribution >= 0.6 is 0 Å². The van der Waals surface area contributed by atoms with Gasteiger partial charge in [-0.1, -0.05) is 13.8 Å². The smallest absolute Gasteiger partial charge is 0.338 e. The van der Waals surface area contributed by atoms with E-state index in [1.165, 1.54) is 0 Å². The molecule has 0 N–H and O–H groups in total. The second kappa shape index (κ2) is 7.46. The number of aromatic nitrogens is 4. The van der Waals surface area contributed by atoms with Crippen LogP contribution in [-0.4, -0.2) is 50.6 Å². The molecule has 0 atom stereocenters. The molecule has 148 valence electrons. The van der Waals surface area contributed by atoms with Gasteiger partial charge in [-0.25, -0.2) is 15.0 Å². The fourth-order valence-electron chi connectivity index (χ4n) is 3.08. The molecule has 0 aliphatic carbocycles. The first-order chi connectivity index (χ1) is 12.6. The molecule has 3 heterocycles. The molecule has 0 saturated carbocycles. The van der Waals surface area contributed by atoms with Crippen molar-refractivity contribution >= 4 is 5.95 Å². The van der Waals surface area contributed by atoms with Gasteiger partial charge in [-0.15, -0.1) is 0 Å². The van der Waals surface area contributed by atoms with Crippen molar-refractivity contribution < 1.29 is 13.2 Å². The summed E-state index contributed by atoms with van der Waals surface area (Å²) >= 11 is 0. The van der Waals surface area contributed by atoms with Gasteiger partial charge in [-0.2, -0.15) is 13.2 Å². The maximum Gasteiger partial charge on any atom is 0.433 e. The summed E-state index contributed by atoms with van der Waals surface area (Å²) in [6.07, 6.45) is -2.47. The predicted octanol–water partition coefficient (Wildman–Crippen LogP) is 2.98. The van der Waals surface area contributed by atoms with E-state index in [1.54, 1.807) is 0 Å². The lowest BCUT2D eigenvalue weighted by atomic mass is 10.1. The zero-order valence-corrected chi connectivity index (χ0v) is 16.1. The first kappa shape index (κ1) is 19.6. The average molecular weight is 382 g/mol. The number of hydrogen-bond acceptors (Lipinski definition) is 5. The Bertz CT molecular complexity index is 771. The van der Waals surface area contributed by atoms with E-state index in [0.29, 0.717) is 18.8 Å². The zero-order valence-electron chi connectivity index (χ0n) is 16.1. The lowest BCUT2D eigenvalue weighted by Crippen LogP contribution is -2.46. The molecule has 9 heteroatoms. The van der Waals surface area contributed by atoms with E-state index in [0.717, 1.165) is 37.2 Å². The first-order valence-electron chi connectivity index (χ1n) is 9.06. The van der Waals surface area contributed by atoms with Crippen LogP contribution in [0.25, 0.3) is 0 Å². The van der Waals surface area contributed by atoms with E-state index in [-0.39, 0.29) is 11.9 Å². The highest BCUT2D eigenvalue weighted by atomic mass is 19.4. The van der Waals surface area contributed by atoms with E-state index < -0.39 is 11.9 Å². The van der Waals surface area contributed by atoms with E-state index in [1.807, 2.05) is 43.5 Å². The maximum atomic E-state index is 13.2. The van der Waals surface area contributed by atoms with Gasteiger partial charge in [0.05, 0.1) is 5.69 Å². The van der Waals surface area contributed by atoms with Crippen LogP contribution in [0.3, 0.4) is 0 Å². The molecule has 0 bridgehead atoms. The van der Waals surface area contributed by atoms with Gasteiger partial charge in [-0.3, -0.25) is 4.90 Å². The molecule has 0 spiro atoms. The van der Waals surface area contributed by atoms with Crippen LogP contribution < -0.4 is 4.90 Å². The van der Waals surface area contributed by atoms with Crippen LogP contribution in [0, 0.1) is 6.92 Å². The summed E-state index contributed by atoms with van der Waals surface area (Å²) in [7, 11) is 1.96. The monoisotopic (exact) mass is 382 g/mol. The van der Waals surface area contributed by atoms with Crippen molar-refractivity contribution in [2.45, 2.75) is 39.4 Å². The summed E-state index contributed by atoms with van der Waals surface area (Å²) in [5.41, 5.74) is 0.544. The highest BCUT2D eigenvalue weighted by Gasteiger charge is 2.34. The molecule has 3 rings (SSSR count). The molecule has 2 aromatic rings. The van der Waals surface area contributed by atoms with Crippen molar-refractivity contribution in [2.24, 2.45) is 7.05 Å². The van der Waals surface area contributed by atoms with Gasteiger partial charge >= 0.3 is 6.18 Å². The standard InChI is InChI=1S/C18H25F3N6/c1-12(2)15-9-16(18(19,20)21)24-17(23-15)27-7-5-26(6-8-27)11-14-10-25(4)13(3)22-14/h9-10,12H,5-8,11H2,1-4H3. The SMILES string of the molecule is Cc1nc(CN2CCN(c3nc(C(C)C)cc(C(F)(F)F)n3)CC2)cn1C. The first-order valence-corrected chi connectivity index (χ1v) is 9.06. The summed E-state index contributed by atoms with van der Waals surface area (Å²) in [5, 5.41) is 0. The Labute approximate surface area is 157 Å². The minimum Gasteiger partial charge on any atom is -0.338 e. The van der Waals surface area contributed by atoms with Crippen LogP contribution in [0.2, 0.25) is 0 Å². The Balaban J connectivity index is 1.70. The van der Waals surface area contributed by atoms with Crippen LogP contribution in [0.1, 0.15) is 42.7 Å². The lowest BCUT2D eigenvalue weighted by molar-refractivity contribution is -0.141. The van der Waals surface area contributed by atoms with Gasteiger partial charge in [0.1, 0.15) is 11.5 Å². The number of piperazine rings is 1. The van der Waals surface area contributed by atoms with Crippen molar-refractivity contribution in [2.75, 3.05) is 31.1 Å². The molecule has 0 unspecified atom stereocenters. The van der Waals surface area contributed by atoms with Crippen LogP contribution in [0.15, 0.2) is 12.3 Å². The summed E-state index contributed by atoms with van der Waals surface area (Å²) in [6.45, 7) is 8.99. The van der Waals surface area contributed by atoms with E-state index in [4.69, 9.17) is 0 Å². The van der Waals surface area contributed by atoms with Gasteiger partial charge in [0.25, 0.3) is 0 Å². The average Bonchev–Trinajstić information content (AvgIpc) is 2.91. The number of halogens is 3. The maximum absolute atomic E-state index is 13.2. The Morgan fingerprint density at radius 1 is 1.07 bits per heavy atom. The third kappa shape index (κ3) is 4.58. The molecule has 0 aromatic carbocycles. The highest BCUT2D eigenvalue weighted by Crippen LogP contribution is 2.31. The normalized spacial score (nSPS) is 16.4. The minimum absolute atomic E-state index is 0.0958. The summed E-state index contributed by atoms with van der Waals surface area (Å²) in [6, 6.07) is 1.05. The van der Waals surface area contributed by atoms with E-state index in [2.05, 4.69) is 19.9 Å².